The lowest BCUT2D eigenvalue weighted by atomic mass is 10.1. The molecule has 0 spiro atoms. The molecule has 0 aliphatic heterocycles. The normalized spacial score (nSPS) is 10.7. The molecular weight excluding hydrogens is 248 g/mol. The molecule has 0 aliphatic rings. The van der Waals surface area contributed by atoms with Crippen LogP contribution in [0.5, 0.6) is 5.75 Å². The molecule has 0 saturated carbocycles. The number of rotatable bonds is 6. The highest BCUT2D eigenvalue weighted by molar-refractivity contribution is 7.98. The van der Waals surface area contributed by atoms with E-state index in [9.17, 15) is 5.11 Å². The summed E-state index contributed by atoms with van der Waals surface area (Å²) in [5.41, 5.74) is 1.05. The summed E-state index contributed by atoms with van der Waals surface area (Å²) in [6.45, 7) is 2.15. The minimum absolute atomic E-state index is 0.265. The molecule has 0 fully saturated rings. The molecule has 0 saturated heterocycles. The first-order valence-electron chi connectivity index (χ1n) is 5.95. The maximum atomic E-state index is 9.19. The summed E-state index contributed by atoms with van der Waals surface area (Å²) in [6, 6.07) is 7.02. The average molecular weight is 264 g/mol. The number of nitrogens with zero attached hydrogens (tertiary/aromatic N) is 2. The van der Waals surface area contributed by atoms with Gasteiger partial charge in [0.05, 0.1) is 12.2 Å². The first kappa shape index (κ1) is 13.0. The van der Waals surface area contributed by atoms with Crippen LogP contribution in [0.4, 0.5) is 0 Å². The van der Waals surface area contributed by atoms with Gasteiger partial charge in [-0.2, -0.15) is 16.7 Å². The number of hydrogen-bond donors (Lipinski definition) is 1. The lowest BCUT2D eigenvalue weighted by Gasteiger charge is -1.96. The minimum atomic E-state index is 0.265. The summed E-state index contributed by atoms with van der Waals surface area (Å²) >= 11 is 1.81. The molecule has 0 radical (unpaired) electrons. The van der Waals surface area contributed by atoms with E-state index in [0.717, 1.165) is 29.3 Å². The van der Waals surface area contributed by atoms with Gasteiger partial charge in [-0.05, 0) is 29.9 Å². The Morgan fingerprint density at radius 3 is 2.78 bits per heavy atom. The molecular formula is C13H16N2O2S. The van der Waals surface area contributed by atoms with Crippen LogP contribution in [-0.4, -0.2) is 21.0 Å². The summed E-state index contributed by atoms with van der Waals surface area (Å²) in [6.07, 6.45) is 1.76. The fourth-order valence-electron chi connectivity index (χ4n) is 1.52. The molecule has 0 aliphatic carbocycles. The van der Waals surface area contributed by atoms with Crippen LogP contribution in [0.25, 0.3) is 0 Å². The number of phenolic OH excluding ortho intramolecular Hbond substituents is 1. The van der Waals surface area contributed by atoms with E-state index in [1.54, 1.807) is 12.1 Å². The van der Waals surface area contributed by atoms with E-state index in [1.807, 2.05) is 23.9 Å². The van der Waals surface area contributed by atoms with Gasteiger partial charge in [-0.3, -0.25) is 0 Å². The maximum Gasteiger partial charge on any atom is 0.231 e. The SMILES string of the molecule is CCCSCc1noc(Cc2ccc(O)cc2)n1. The van der Waals surface area contributed by atoms with Gasteiger partial charge in [-0.25, -0.2) is 0 Å². The number of aromatic hydroxyl groups is 1. The quantitative estimate of drug-likeness (QED) is 0.813. The molecule has 2 aromatic rings. The lowest BCUT2D eigenvalue weighted by molar-refractivity contribution is 0.381. The third kappa shape index (κ3) is 3.77. The van der Waals surface area contributed by atoms with E-state index in [1.165, 1.54) is 0 Å². The van der Waals surface area contributed by atoms with Crippen LogP contribution in [0.15, 0.2) is 28.8 Å². The molecule has 0 bridgehead atoms. The van der Waals surface area contributed by atoms with Crippen molar-refractivity contribution in [3.8, 4) is 5.75 Å². The predicted molar refractivity (Wildman–Crippen MR) is 71.7 cm³/mol. The highest BCUT2D eigenvalue weighted by Gasteiger charge is 2.07. The number of phenols is 1. The van der Waals surface area contributed by atoms with Crippen LogP contribution < -0.4 is 0 Å². The van der Waals surface area contributed by atoms with Gasteiger partial charge in [0, 0.05) is 0 Å². The summed E-state index contributed by atoms with van der Waals surface area (Å²) in [5, 5.41) is 13.1. The van der Waals surface area contributed by atoms with Gasteiger partial charge in [0.2, 0.25) is 5.89 Å². The molecule has 0 atom stereocenters. The number of thioether (sulfide) groups is 1. The first-order valence-corrected chi connectivity index (χ1v) is 7.10. The Bertz CT molecular complexity index is 482. The third-order valence-corrected chi connectivity index (χ3v) is 3.54. The molecule has 2 rings (SSSR count). The smallest absolute Gasteiger partial charge is 0.231 e. The molecule has 0 unspecified atom stereocenters. The van der Waals surface area contributed by atoms with E-state index >= 15 is 0 Å². The standard InChI is InChI=1S/C13H16N2O2S/c1-2-7-18-9-12-14-13(17-15-12)8-10-3-5-11(16)6-4-10/h3-6,16H,2,7-9H2,1H3. The van der Waals surface area contributed by atoms with E-state index in [0.29, 0.717) is 12.3 Å². The Morgan fingerprint density at radius 1 is 1.28 bits per heavy atom. The molecule has 18 heavy (non-hydrogen) atoms. The van der Waals surface area contributed by atoms with Crippen molar-refractivity contribution in [1.29, 1.82) is 0 Å². The minimum Gasteiger partial charge on any atom is -0.508 e. The van der Waals surface area contributed by atoms with Gasteiger partial charge in [0.25, 0.3) is 0 Å². The van der Waals surface area contributed by atoms with Gasteiger partial charge in [-0.15, -0.1) is 0 Å². The second-order valence-corrected chi connectivity index (χ2v) is 5.11. The highest BCUT2D eigenvalue weighted by Crippen LogP contribution is 2.14. The Balaban J connectivity index is 1.91. The van der Waals surface area contributed by atoms with Crippen molar-refractivity contribution in [1.82, 2.24) is 10.1 Å². The largest absolute Gasteiger partial charge is 0.508 e. The van der Waals surface area contributed by atoms with E-state index in [2.05, 4.69) is 17.1 Å². The predicted octanol–water partition coefficient (Wildman–Crippen LogP) is 3.01. The summed E-state index contributed by atoms with van der Waals surface area (Å²) in [4.78, 5) is 4.34. The van der Waals surface area contributed by atoms with Crippen molar-refractivity contribution in [3.05, 3.63) is 41.5 Å². The van der Waals surface area contributed by atoms with E-state index in [4.69, 9.17) is 4.52 Å². The van der Waals surface area contributed by atoms with Crippen molar-refractivity contribution >= 4 is 11.8 Å². The average Bonchev–Trinajstić information content (AvgIpc) is 2.80. The molecule has 5 heteroatoms. The molecule has 0 amide bonds. The van der Waals surface area contributed by atoms with Gasteiger partial charge in [0.15, 0.2) is 5.82 Å². The second-order valence-electron chi connectivity index (χ2n) is 4.00. The summed E-state index contributed by atoms with van der Waals surface area (Å²) < 4.78 is 5.19. The molecule has 4 nitrogen and oxygen atoms in total. The molecule has 1 aromatic heterocycles. The second kappa shape index (κ2) is 6.44. The van der Waals surface area contributed by atoms with Crippen molar-refractivity contribution in [3.63, 3.8) is 0 Å². The lowest BCUT2D eigenvalue weighted by Crippen LogP contribution is -1.89. The molecule has 1 heterocycles. The summed E-state index contributed by atoms with van der Waals surface area (Å²) in [5.74, 6) is 3.55. The van der Waals surface area contributed by atoms with Gasteiger partial charge < -0.3 is 9.63 Å². The van der Waals surface area contributed by atoms with Crippen molar-refractivity contribution in [2.24, 2.45) is 0 Å². The zero-order valence-electron chi connectivity index (χ0n) is 10.3. The van der Waals surface area contributed by atoms with E-state index in [-0.39, 0.29) is 5.75 Å². The fourth-order valence-corrected chi connectivity index (χ4v) is 2.25. The van der Waals surface area contributed by atoms with Crippen molar-refractivity contribution < 1.29 is 9.63 Å². The monoisotopic (exact) mass is 264 g/mol. The molecule has 1 N–H and O–H groups in total. The number of hydrogen-bond acceptors (Lipinski definition) is 5. The molecule has 1 aromatic carbocycles. The van der Waals surface area contributed by atoms with Crippen LogP contribution in [-0.2, 0) is 12.2 Å². The van der Waals surface area contributed by atoms with Crippen molar-refractivity contribution in [2.45, 2.75) is 25.5 Å². The Morgan fingerprint density at radius 2 is 2.06 bits per heavy atom. The highest BCUT2D eigenvalue weighted by atomic mass is 32.2. The third-order valence-electron chi connectivity index (χ3n) is 2.38. The van der Waals surface area contributed by atoms with Crippen LogP contribution in [0.1, 0.15) is 30.6 Å². The van der Waals surface area contributed by atoms with Gasteiger partial charge >= 0.3 is 0 Å². The fraction of sp³-hybridized carbons (Fsp3) is 0.385. The first-order chi connectivity index (χ1) is 8.78. The Kier molecular flexibility index (Phi) is 4.64. The Hall–Kier alpha value is -1.49. The zero-order chi connectivity index (χ0) is 12.8. The van der Waals surface area contributed by atoms with Gasteiger partial charge in [0.1, 0.15) is 5.75 Å². The topological polar surface area (TPSA) is 59.2 Å². The van der Waals surface area contributed by atoms with Crippen LogP contribution in [0.3, 0.4) is 0 Å². The van der Waals surface area contributed by atoms with E-state index < -0.39 is 0 Å². The van der Waals surface area contributed by atoms with Crippen LogP contribution in [0, 0.1) is 0 Å². The maximum absolute atomic E-state index is 9.19. The van der Waals surface area contributed by atoms with Gasteiger partial charge in [-0.1, -0.05) is 24.2 Å². The molecule has 96 valence electrons. The Labute approximate surface area is 110 Å². The number of aromatic nitrogens is 2. The van der Waals surface area contributed by atoms with Crippen LogP contribution in [0.2, 0.25) is 0 Å². The van der Waals surface area contributed by atoms with Crippen molar-refractivity contribution in [2.75, 3.05) is 5.75 Å². The summed E-state index contributed by atoms with van der Waals surface area (Å²) in [7, 11) is 0. The zero-order valence-corrected chi connectivity index (χ0v) is 11.1. The number of benzene rings is 1. The van der Waals surface area contributed by atoms with Crippen LogP contribution >= 0.6 is 11.8 Å².